The lowest BCUT2D eigenvalue weighted by atomic mass is 9.88. The number of carbonyl (C=O) groups excluding carboxylic acids is 5. The zero-order chi connectivity index (χ0) is 50.9. The van der Waals surface area contributed by atoms with Gasteiger partial charge in [-0.1, -0.05) is 24.3 Å². The monoisotopic (exact) mass is 957 g/mol. The lowest BCUT2D eigenvalue weighted by Gasteiger charge is -2.33. The largest absolute Gasteiger partial charge is 0.493 e. The van der Waals surface area contributed by atoms with Crippen molar-refractivity contribution in [1.29, 1.82) is 0 Å². The van der Waals surface area contributed by atoms with Crippen LogP contribution in [0.15, 0.2) is 48.6 Å². The van der Waals surface area contributed by atoms with Crippen molar-refractivity contribution in [2.24, 2.45) is 11.8 Å². The fourth-order valence-electron chi connectivity index (χ4n) is 8.14. The van der Waals surface area contributed by atoms with Crippen LogP contribution in [0.5, 0.6) is 23.0 Å². The molecule has 2 fully saturated rings. The summed E-state index contributed by atoms with van der Waals surface area (Å²) >= 11 is 0. The number of rotatable bonds is 20. The van der Waals surface area contributed by atoms with E-state index >= 15 is 0 Å². The van der Waals surface area contributed by atoms with E-state index in [1.165, 1.54) is 23.8 Å². The fourth-order valence-corrected chi connectivity index (χ4v) is 8.14. The Morgan fingerprint density at radius 3 is 1.29 bits per heavy atom. The molecule has 2 aromatic rings. The zero-order valence-electron chi connectivity index (χ0n) is 42.7. The summed E-state index contributed by atoms with van der Waals surface area (Å²) < 4.78 is 54.8. The maximum atomic E-state index is 13.4. The van der Waals surface area contributed by atoms with Crippen LogP contribution in [0.3, 0.4) is 0 Å². The second-order valence-corrected chi connectivity index (χ2v) is 18.6. The normalized spacial score (nSPS) is 20.1. The average Bonchev–Trinajstić information content (AvgIpc) is 3.88. The number of hydrogen-bond donors (Lipinski definition) is 0. The molecule has 4 rings (SSSR count). The van der Waals surface area contributed by atoms with E-state index in [1.807, 2.05) is 19.1 Å². The molecular formula is C51H76N2O15. The van der Waals surface area contributed by atoms with E-state index in [2.05, 4.69) is 6.58 Å². The molecular weight excluding hydrogens is 881 g/mol. The molecule has 68 heavy (non-hydrogen) atoms. The third-order valence-electron chi connectivity index (χ3n) is 11.0. The number of hydrogen-bond acceptors (Lipinski definition) is 15. The van der Waals surface area contributed by atoms with Gasteiger partial charge in [-0.25, -0.2) is 19.2 Å². The van der Waals surface area contributed by atoms with E-state index in [-0.39, 0.29) is 31.3 Å². The maximum Gasteiger partial charge on any atom is 0.411 e. The molecule has 17 nitrogen and oxygen atoms in total. The van der Waals surface area contributed by atoms with Crippen molar-refractivity contribution in [1.82, 2.24) is 9.80 Å². The number of esters is 2. The summed E-state index contributed by atoms with van der Waals surface area (Å²) in [6.45, 7) is 23.9. The minimum atomic E-state index is -0.943. The fraction of sp³-hybridized carbons (Fsp3) is 0.627. The Bertz CT molecular complexity index is 1870. The first-order valence-electron chi connectivity index (χ1n) is 23.2. The number of ether oxygens (including phenoxy) is 10. The summed E-state index contributed by atoms with van der Waals surface area (Å²) in [7, 11) is 6.38. The van der Waals surface area contributed by atoms with Gasteiger partial charge in [-0.15, -0.1) is 0 Å². The molecule has 0 N–H and O–H groups in total. The molecule has 2 saturated heterocycles. The molecule has 0 radical (unpaired) electrons. The van der Waals surface area contributed by atoms with Gasteiger partial charge < -0.3 is 47.4 Å². The van der Waals surface area contributed by atoms with Gasteiger partial charge in [0.05, 0.1) is 52.7 Å². The van der Waals surface area contributed by atoms with Gasteiger partial charge >= 0.3 is 24.1 Å². The topological polar surface area (TPSA) is 184 Å². The van der Waals surface area contributed by atoms with Crippen LogP contribution in [0.1, 0.15) is 118 Å². The summed E-state index contributed by atoms with van der Waals surface area (Å²) in [4.78, 5) is 67.9. The minimum absolute atomic E-state index is 0.135. The molecule has 2 aliphatic rings. The van der Waals surface area contributed by atoms with Crippen LogP contribution in [-0.4, -0.2) is 131 Å². The highest BCUT2D eigenvalue weighted by Crippen LogP contribution is 2.48. The van der Waals surface area contributed by atoms with Crippen molar-refractivity contribution >= 4 is 29.9 Å². The minimum Gasteiger partial charge on any atom is -0.493 e. The first-order chi connectivity index (χ1) is 32.1. The molecule has 0 bridgehead atoms. The number of methoxy groups -OCH3 is 4. The third kappa shape index (κ3) is 15.8. The smallest absolute Gasteiger partial charge is 0.411 e. The summed E-state index contributed by atoms with van der Waals surface area (Å²) in [6.07, 6.45) is 0.687. The van der Waals surface area contributed by atoms with Gasteiger partial charge in [0.1, 0.15) is 29.1 Å². The van der Waals surface area contributed by atoms with E-state index in [0.29, 0.717) is 67.8 Å². The maximum absolute atomic E-state index is 13.4. The second-order valence-electron chi connectivity index (χ2n) is 18.6. The van der Waals surface area contributed by atoms with Crippen molar-refractivity contribution in [2.45, 2.75) is 130 Å². The van der Waals surface area contributed by atoms with Gasteiger partial charge in [-0.3, -0.25) is 14.6 Å². The molecule has 0 aromatic heterocycles. The molecule has 380 valence electrons. The number of amides is 2. The Labute approximate surface area is 402 Å². The predicted octanol–water partition coefficient (Wildman–Crippen LogP) is 8.85. The number of likely N-dealkylation sites (tertiary alicyclic amines) is 2. The van der Waals surface area contributed by atoms with Crippen LogP contribution in [0.25, 0.3) is 0 Å². The van der Waals surface area contributed by atoms with Crippen LogP contribution >= 0.6 is 0 Å². The van der Waals surface area contributed by atoms with Gasteiger partial charge in [0, 0.05) is 52.1 Å². The SMILES string of the molecule is C=C(C)[C@@H]1C[C@@H](C(=O)OCC)N(C(=O)OC(C)(C)C)C1c1ccc(OC)c(OCCCOC)c1.CCOC(=O)[C@@H]1C[C@H](C(C)=O)C(c2ccc(OC)c(OCCCOC)c2)N1C(=O)OC(C)(C)C. The van der Waals surface area contributed by atoms with Crippen molar-refractivity contribution in [3.05, 3.63) is 59.7 Å². The van der Waals surface area contributed by atoms with Crippen molar-refractivity contribution in [3.8, 4) is 23.0 Å². The van der Waals surface area contributed by atoms with E-state index in [9.17, 15) is 24.0 Å². The second kappa shape index (κ2) is 26.3. The first-order valence-corrected chi connectivity index (χ1v) is 23.2. The molecule has 2 amide bonds. The Morgan fingerprint density at radius 1 is 0.588 bits per heavy atom. The van der Waals surface area contributed by atoms with Gasteiger partial charge in [0.15, 0.2) is 23.0 Å². The third-order valence-corrected chi connectivity index (χ3v) is 11.0. The number of carbonyl (C=O) groups is 5. The van der Waals surface area contributed by atoms with Gasteiger partial charge in [0.2, 0.25) is 0 Å². The highest BCUT2D eigenvalue weighted by Gasteiger charge is 2.52. The van der Waals surface area contributed by atoms with Crippen molar-refractivity contribution in [2.75, 3.05) is 68.1 Å². The van der Waals surface area contributed by atoms with Crippen molar-refractivity contribution in [3.63, 3.8) is 0 Å². The van der Waals surface area contributed by atoms with Crippen LogP contribution in [0, 0.1) is 11.8 Å². The lowest BCUT2D eigenvalue weighted by Crippen LogP contribution is -2.45. The van der Waals surface area contributed by atoms with E-state index in [4.69, 9.17) is 47.4 Å². The Hall–Kier alpha value is -5.55. The highest BCUT2D eigenvalue weighted by molar-refractivity contribution is 5.88. The number of nitrogens with zero attached hydrogens (tertiary/aromatic N) is 2. The summed E-state index contributed by atoms with van der Waals surface area (Å²) in [5, 5.41) is 0. The average molecular weight is 957 g/mol. The molecule has 0 aliphatic carbocycles. The first kappa shape index (κ1) is 56.8. The summed E-state index contributed by atoms with van der Waals surface area (Å²) in [5.41, 5.74) is 0.792. The van der Waals surface area contributed by atoms with E-state index < -0.39 is 65.4 Å². The van der Waals surface area contributed by atoms with E-state index in [0.717, 1.165) is 17.6 Å². The molecule has 17 heteroatoms. The van der Waals surface area contributed by atoms with Gasteiger partial charge in [-0.2, -0.15) is 0 Å². The van der Waals surface area contributed by atoms with E-state index in [1.54, 1.807) is 101 Å². The van der Waals surface area contributed by atoms with Gasteiger partial charge in [-0.05, 0) is 117 Å². The molecule has 2 aromatic carbocycles. The summed E-state index contributed by atoms with van der Waals surface area (Å²) in [6, 6.07) is 7.86. The van der Waals surface area contributed by atoms with Gasteiger partial charge in [0.25, 0.3) is 0 Å². The molecule has 6 atom stereocenters. The quantitative estimate of drug-likeness (QED) is 0.0530. The Morgan fingerprint density at radius 2 is 0.971 bits per heavy atom. The van der Waals surface area contributed by atoms with Crippen LogP contribution in [0.4, 0.5) is 9.59 Å². The molecule has 2 aliphatic heterocycles. The zero-order valence-corrected chi connectivity index (χ0v) is 42.7. The Balaban J connectivity index is 0.000000360. The summed E-state index contributed by atoms with van der Waals surface area (Å²) in [5.74, 6) is 0.193. The molecule has 0 spiro atoms. The molecule has 0 saturated carbocycles. The van der Waals surface area contributed by atoms with Crippen LogP contribution in [0.2, 0.25) is 0 Å². The van der Waals surface area contributed by atoms with Crippen LogP contribution in [-0.2, 0) is 42.8 Å². The number of benzene rings is 2. The lowest BCUT2D eigenvalue weighted by molar-refractivity contribution is -0.149. The van der Waals surface area contributed by atoms with Crippen molar-refractivity contribution < 1.29 is 71.3 Å². The number of Topliss-reactive ketones (excluding diaryl/α,β-unsaturated/α-hetero) is 1. The number of ketones is 1. The molecule has 2 heterocycles. The standard InChI is InChI=1S/C26H39NO7.C25H37NO8/c1-9-32-24(28)20-16-19(17(2)3)23(27(20)25(29)34-26(4,5)6)18-11-12-21(31-8)22(15-18)33-14-10-13-30-7;1-8-32-23(28)19-15-18(16(2)27)22(26(19)24(29)34-25(3,4)5)17-10-11-20(31-7)21(14-17)33-13-9-12-30-6/h11-12,15,19-20,23H,2,9-10,13-14,16H2,1,3-8H3;10-11,14,18-19,22H,8-9,12-13,15H2,1-7H3/t19-,20-,23?;18-,19+,22?/m01/s1. The van der Waals surface area contributed by atoms with Crippen LogP contribution < -0.4 is 18.9 Å². The Kier molecular flexibility index (Phi) is 21.9. The predicted molar refractivity (Wildman–Crippen MR) is 254 cm³/mol. The highest BCUT2D eigenvalue weighted by atomic mass is 16.6. The molecule has 2 unspecified atom stereocenters.